The van der Waals surface area contributed by atoms with Crippen LogP contribution in [0.1, 0.15) is 66.3 Å². The van der Waals surface area contributed by atoms with Crippen LogP contribution in [0.15, 0.2) is 42.5 Å². The molecule has 3 N–H and O–H groups in total. The van der Waals surface area contributed by atoms with Gasteiger partial charge < -0.3 is 15.5 Å². The number of aliphatic carboxylic acids is 2. The summed E-state index contributed by atoms with van der Waals surface area (Å²) < 4.78 is 70.4. The molecule has 2 aromatic carbocycles. The van der Waals surface area contributed by atoms with E-state index in [2.05, 4.69) is 26.1 Å². The van der Waals surface area contributed by atoms with E-state index >= 15 is 0 Å². The first kappa shape index (κ1) is 33.6. The normalized spacial score (nSPS) is 12.5. The Morgan fingerprint density at radius 2 is 1.56 bits per heavy atom. The molecule has 0 aliphatic heterocycles. The molecule has 1 aromatic heterocycles. The molecule has 6 nitrogen and oxygen atoms in total. The van der Waals surface area contributed by atoms with E-state index in [1.165, 1.54) is 23.5 Å². The van der Waals surface area contributed by atoms with Crippen molar-refractivity contribution < 1.29 is 46.1 Å². The molecular weight excluding hydrogens is 574 g/mol. The molecule has 0 amide bonds. The second kappa shape index (κ2) is 13.8. The highest BCUT2D eigenvalue weighted by molar-refractivity contribution is 7.15. The van der Waals surface area contributed by atoms with Crippen molar-refractivity contribution >= 4 is 29.0 Å². The molecule has 0 radical (unpaired) electrons. The number of anilines is 1. The lowest BCUT2D eigenvalue weighted by atomic mass is 10.0. The standard InChI is InChI=1S/C26H29F3N2O2S.C2HF3O2/c1-15(2)23-24(34-25(31-23)19-5-9-20(10-6-19)26(27,28)29)17(4)14-30-21-11-7-18(16(3)13-21)8-12-22(32)33;3-2(4,5)1(6)7/h5-7,9-11,13,15,17,30H,8,12,14H2,1-4H3,(H,32,33);(H,6,7). The van der Waals surface area contributed by atoms with Crippen LogP contribution in [-0.2, 0) is 22.2 Å². The maximum atomic E-state index is 12.9. The van der Waals surface area contributed by atoms with Crippen molar-refractivity contribution in [2.45, 2.75) is 64.7 Å². The van der Waals surface area contributed by atoms with Gasteiger partial charge >= 0.3 is 24.3 Å². The van der Waals surface area contributed by atoms with Crippen LogP contribution < -0.4 is 5.32 Å². The fourth-order valence-electron chi connectivity index (χ4n) is 3.73. The van der Waals surface area contributed by atoms with Crippen LogP contribution in [0.25, 0.3) is 10.6 Å². The van der Waals surface area contributed by atoms with Gasteiger partial charge in [-0.1, -0.05) is 39.0 Å². The number of carboxylic acid groups (broad SMARTS) is 2. The number of thiazole rings is 1. The number of aromatic nitrogens is 1. The zero-order valence-corrected chi connectivity index (χ0v) is 23.5. The molecule has 1 heterocycles. The van der Waals surface area contributed by atoms with E-state index in [4.69, 9.17) is 20.0 Å². The van der Waals surface area contributed by atoms with Gasteiger partial charge in [-0.3, -0.25) is 4.79 Å². The number of hydrogen-bond donors (Lipinski definition) is 3. The number of carbonyl (C=O) groups is 2. The van der Waals surface area contributed by atoms with Crippen molar-refractivity contribution in [2.24, 2.45) is 0 Å². The number of nitrogens with one attached hydrogen (secondary N) is 1. The Morgan fingerprint density at radius 1 is 0.976 bits per heavy atom. The zero-order valence-electron chi connectivity index (χ0n) is 22.7. The Kier molecular flexibility index (Phi) is 11.3. The average Bonchev–Trinajstić information content (AvgIpc) is 3.32. The second-order valence-electron chi connectivity index (χ2n) is 9.62. The molecule has 3 rings (SSSR count). The fourth-order valence-corrected chi connectivity index (χ4v) is 5.00. The quantitative estimate of drug-likeness (QED) is 0.213. The van der Waals surface area contributed by atoms with Crippen LogP contribution in [0.5, 0.6) is 0 Å². The molecule has 0 aliphatic carbocycles. The molecule has 3 aromatic rings. The summed E-state index contributed by atoms with van der Waals surface area (Å²) in [5.41, 5.74) is 4.00. The minimum atomic E-state index is -5.08. The lowest BCUT2D eigenvalue weighted by Crippen LogP contribution is -2.21. The van der Waals surface area contributed by atoms with Gasteiger partial charge in [0, 0.05) is 35.0 Å². The Morgan fingerprint density at radius 3 is 2.02 bits per heavy atom. The van der Waals surface area contributed by atoms with E-state index in [-0.39, 0.29) is 18.3 Å². The lowest BCUT2D eigenvalue weighted by molar-refractivity contribution is -0.192. The first-order valence-electron chi connectivity index (χ1n) is 12.4. The third-order valence-corrected chi connectivity index (χ3v) is 7.29. The Bertz CT molecular complexity index is 1330. The zero-order chi connectivity index (χ0) is 31.1. The van der Waals surface area contributed by atoms with Crippen LogP contribution >= 0.6 is 11.3 Å². The van der Waals surface area contributed by atoms with E-state index < -0.39 is 29.9 Å². The molecular formula is C28H30F6N2O4S. The molecule has 0 saturated heterocycles. The minimum Gasteiger partial charge on any atom is -0.481 e. The maximum Gasteiger partial charge on any atom is 0.490 e. The predicted molar refractivity (Wildman–Crippen MR) is 144 cm³/mol. The van der Waals surface area contributed by atoms with Crippen molar-refractivity contribution in [3.8, 4) is 10.6 Å². The van der Waals surface area contributed by atoms with Gasteiger partial charge in [0.2, 0.25) is 0 Å². The third-order valence-electron chi connectivity index (χ3n) is 5.94. The topological polar surface area (TPSA) is 99.5 Å². The highest BCUT2D eigenvalue weighted by Gasteiger charge is 2.38. The van der Waals surface area contributed by atoms with Gasteiger partial charge in [0.05, 0.1) is 11.3 Å². The summed E-state index contributed by atoms with van der Waals surface area (Å²) in [5.74, 6) is -3.23. The average molecular weight is 605 g/mol. The molecule has 1 unspecified atom stereocenters. The largest absolute Gasteiger partial charge is 0.490 e. The Balaban J connectivity index is 0.000000745. The van der Waals surface area contributed by atoms with E-state index in [1.54, 1.807) is 0 Å². The van der Waals surface area contributed by atoms with Crippen molar-refractivity contribution in [2.75, 3.05) is 11.9 Å². The Hall–Kier alpha value is -3.61. The van der Waals surface area contributed by atoms with Crippen LogP contribution in [0.4, 0.5) is 32.0 Å². The molecule has 0 saturated carbocycles. The van der Waals surface area contributed by atoms with Gasteiger partial charge in [-0.15, -0.1) is 11.3 Å². The highest BCUT2D eigenvalue weighted by atomic mass is 32.1. The number of carboxylic acids is 2. The minimum absolute atomic E-state index is 0.106. The van der Waals surface area contributed by atoms with Crippen LogP contribution in [-0.4, -0.2) is 39.9 Å². The van der Waals surface area contributed by atoms with Crippen molar-refractivity contribution in [1.29, 1.82) is 0 Å². The molecule has 1 atom stereocenters. The lowest BCUT2D eigenvalue weighted by Gasteiger charge is -2.16. The van der Waals surface area contributed by atoms with Crippen LogP contribution in [0, 0.1) is 6.92 Å². The maximum absolute atomic E-state index is 12.9. The summed E-state index contributed by atoms with van der Waals surface area (Å²) in [6, 6.07) is 11.1. The van der Waals surface area contributed by atoms with Crippen LogP contribution in [0.3, 0.4) is 0 Å². The number of hydrogen-bond acceptors (Lipinski definition) is 5. The SMILES string of the molecule is Cc1cc(NCC(C)c2sc(-c3ccc(C(F)(F)F)cc3)nc2C(C)C)ccc1CCC(=O)O.O=C(O)C(F)(F)F. The Labute approximate surface area is 237 Å². The molecule has 224 valence electrons. The monoisotopic (exact) mass is 604 g/mol. The molecule has 41 heavy (non-hydrogen) atoms. The van der Waals surface area contributed by atoms with Gasteiger partial charge in [0.15, 0.2) is 0 Å². The number of halogens is 6. The van der Waals surface area contributed by atoms with Gasteiger partial charge in [-0.25, -0.2) is 9.78 Å². The third kappa shape index (κ3) is 10.1. The fraction of sp³-hybridized carbons (Fsp3) is 0.393. The summed E-state index contributed by atoms with van der Waals surface area (Å²) in [6.45, 7) is 8.88. The van der Waals surface area contributed by atoms with E-state index in [1.807, 2.05) is 25.1 Å². The summed E-state index contributed by atoms with van der Waals surface area (Å²) in [5, 5.41) is 20.2. The summed E-state index contributed by atoms with van der Waals surface area (Å²) in [4.78, 5) is 25.6. The smallest absolute Gasteiger partial charge is 0.481 e. The summed E-state index contributed by atoms with van der Waals surface area (Å²) in [6.07, 6.45) is -8.83. The van der Waals surface area contributed by atoms with Crippen molar-refractivity contribution in [1.82, 2.24) is 4.98 Å². The number of rotatable bonds is 9. The number of benzene rings is 2. The predicted octanol–water partition coefficient (Wildman–Crippen LogP) is 8.13. The number of alkyl halides is 6. The van der Waals surface area contributed by atoms with Gasteiger partial charge in [0.1, 0.15) is 5.01 Å². The molecule has 0 fully saturated rings. The second-order valence-corrected chi connectivity index (χ2v) is 10.6. The van der Waals surface area contributed by atoms with Gasteiger partial charge in [-0.05, 0) is 54.7 Å². The summed E-state index contributed by atoms with van der Waals surface area (Å²) >= 11 is 1.52. The van der Waals surface area contributed by atoms with Gasteiger partial charge in [-0.2, -0.15) is 26.3 Å². The molecule has 0 spiro atoms. The number of aryl methyl sites for hydroxylation is 2. The summed E-state index contributed by atoms with van der Waals surface area (Å²) in [7, 11) is 0. The highest BCUT2D eigenvalue weighted by Crippen LogP contribution is 2.38. The van der Waals surface area contributed by atoms with Crippen molar-refractivity contribution in [3.05, 3.63) is 69.7 Å². The van der Waals surface area contributed by atoms with Crippen molar-refractivity contribution in [3.63, 3.8) is 0 Å². The van der Waals surface area contributed by atoms with E-state index in [9.17, 15) is 31.1 Å². The molecule has 0 aliphatic rings. The van der Waals surface area contributed by atoms with Gasteiger partial charge in [0.25, 0.3) is 0 Å². The van der Waals surface area contributed by atoms with E-state index in [0.717, 1.165) is 44.5 Å². The molecule has 13 heteroatoms. The molecule has 0 bridgehead atoms. The van der Waals surface area contributed by atoms with E-state index in [0.29, 0.717) is 18.5 Å². The first-order valence-corrected chi connectivity index (χ1v) is 13.2. The first-order chi connectivity index (χ1) is 18.9. The van der Waals surface area contributed by atoms with Crippen LogP contribution in [0.2, 0.25) is 0 Å². The number of nitrogens with zero attached hydrogens (tertiary/aromatic N) is 1.